The standard InChI is InChI=1S/C20H25N3O/c1-24-20-5-3-2-4-19(20)23-12-10-22(11-13-23)18-7-6-16-8-9-21-15-17(16)14-18/h2-7,14,21H,8-13,15H2,1H3. The van der Waals surface area contributed by atoms with Crippen LogP contribution >= 0.6 is 0 Å². The quantitative estimate of drug-likeness (QED) is 0.940. The Morgan fingerprint density at radius 1 is 0.917 bits per heavy atom. The van der Waals surface area contributed by atoms with Crippen molar-refractivity contribution in [3.8, 4) is 5.75 Å². The number of piperazine rings is 1. The topological polar surface area (TPSA) is 27.7 Å². The maximum absolute atomic E-state index is 5.51. The molecule has 0 aromatic heterocycles. The molecule has 2 heterocycles. The van der Waals surface area contributed by atoms with E-state index in [0.29, 0.717) is 0 Å². The zero-order valence-corrected chi connectivity index (χ0v) is 14.3. The van der Waals surface area contributed by atoms with Gasteiger partial charge in [0.1, 0.15) is 5.75 Å². The molecule has 1 saturated heterocycles. The molecule has 4 nitrogen and oxygen atoms in total. The van der Waals surface area contributed by atoms with Gasteiger partial charge in [0.2, 0.25) is 0 Å². The van der Waals surface area contributed by atoms with E-state index >= 15 is 0 Å². The summed E-state index contributed by atoms with van der Waals surface area (Å²) in [6, 6.07) is 15.3. The fourth-order valence-electron chi connectivity index (χ4n) is 3.76. The molecular formula is C20H25N3O. The third-order valence-corrected chi connectivity index (χ3v) is 5.15. The predicted molar refractivity (Wildman–Crippen MR) is 99.3 cm³/mol. The smallest absolute Gasteiger partial charge is 0.142 e. The number of benzene rings is 2. The van der Waals surface area contributed by atoms with E-state index in [1.54, 1.807) is 7.11 Å². The van der Waals surface area contributed by atoms with Gasteiger partial charge in [-0.3, -0.25) is 0 Å². The monoisotopic (exact) mass is 323 g/mol. The lowest BCUT2D eigenvalue weighted by atomic mass is 10.00. The highest BCUT2D eigenvalue weighted by atomic mass is 16.5. The van der Waals surface area contributed by atoms with E-state index in [4.69, 9.17) is 4.74 Å². The predicted octanol–water partition coefficient (Wildman–Crippen LogP) is 2.67. The summed E-state index contributed by atoms with van der Waals surface area (Å²) in [5, 5.41) is 3.47. The second kappa shape index (κ2) is 6.73. The third kappa shape index (κ3) is 2.94. The Morgan fingerprint density at radius 3 is 2.54 bits per heavy atom. The van der Waals surface area contributed by atoms with E-state index in [2.05, 4.69) is 45.4 Å². The number of hydrogen-bond acceptors (Lipinski definition) is 4. The maximum atomic E-state index is 5.51. The van der Waals surface area contributed by atoms with Crippen LogP contribution in [0.2, 0.25) is 0 Å². The maximum Gasteiger partial charge on any atom is 0.142 e. The van der Waals surface area contributed by atoms with Gasteiger partial charge in [-0.05, 0) is 48.4 Å². The van der Waals surface area contributed by atoms with Crippen molar-refractivity contribution in [2.24, 2.45) is 0 Å². The summed E-state index contributed by atoms with van der Waals surface area (Å²) in [6.45, 7) is 6.24. The van der Waals surface area contributed by atoms with Crippen molar-refractivity contribution >= 4 is 11.4 Å². The Balaban J connectivity index is 1.46. The minimum atomic E-state index is 0.964. The molecule has 2 aromatic rings. The second-order valence-corrected chi connectivity index (χ2v) is 6.53. The van der Waals surface area contributed by atoms with Gasteiger partial charge in [-0.25, -0.2) is 0 Å². The van der Waals surface area contributed by atoms with Crippen LogP contribution in [0.5, 0.6) is 5.75 Å². The van der Waals surface area contributed by atoms with E-state index in [0.717, 1.165) is 51.4 Å². The molecule has 1 fully saturated rings. The van der Waals surface area contributed by atoms with Gasteiger partial charge < -0.3 is 19.9 Å². The molecule has 1 N–H and O–H groups in total. The Bertz CT molecular complexity index is 708. The molecule has 0 aliphatic carbocycles. The molecule has 2 aliphatic heterocycles. The van der Waals surface area contributed by atoms with Gasteiger partial charge in [0, 0.05) is 38.4 Å². The van der Waals surface area contributed by atoms with E-state index in [9.17, 15) is 0 Å². The van der Waals surface area contributed by atoms with Crippen LogP contribution in [0.15, 0.2) is 42.5 Å². The summed E-state index contributed by atoms with van der Waals surface area (Å²) in [6.07, 6.45) is 1.15. The van der Waals surface area contributed by atoms with Crippen molar-refractivity contribution in [2.45, 2.75) is 13.0 Å². The van der Waals surface area contributed by atoms with Crippen LogP contribution < -0.4 is 19.9 Å². The van der Waals surface area contributed by atoms with Gasteiger partial charge in [-0.1, -0.05) is 18.2 Å². The van der Waals surface area contributed by atoms with Gasteiger partial charge >= 0.3 is 0 Å². The molecule has 0 unspecified atom stereocenters. The van der Waals surface area contributed by atoms with Crippen LogP contribution in [0.3, 0.4) is 0 Å². The minimum absolute atomic E-state index is 0.964. The fraction of sp³-hybridized carbons (Fsp3) is 0.400. The first kappa shape index (κ1) is 15.3. The average Bonchev–Trinajstić information content (AvgIpc) is 2.67. The number of anilines is 2. The summed E-state index contributed by atoms with van der Waals surface area (Å²) < 4.78 is 5.51. The number of fused-ring (bicyclic) bond motifs is 1. The molecule has 2 aliphatic rings. The lowest BCUT2D eigenvalue weighted by Crippen LogP contribution is -2.46. The van der Waals surface area contributed by atoms with E-state index < -0.39 is 0 Å². The average molecular weight is 323 g/mol. The highest BCUT2D eigenvalue weighted by molar-refractivity contribution is 5.60. The number of ether oxygens (including phenoxy) is 1. The van der Waals surface area contributed by atoms with Gasteiger partial charge in [-0.15, -0.1) is 0 Å². The first-order valence-corrected chi connectivity index (χ1v) is 8.80. The fourth-order valence-corrected chi connectivity index (χ4v) is 3.76. The van der Waals surface area contributed by atoms with Gasteiger partial charge in [0.15, 0.2) is 0 Å². The van der Waals surface area contributed by atoms with Crippen molar-refractivity contribution in [3.63, 3.8) is 0 Å². The van der Waals surface area contributed by atoms with Gasteiger partial charge in [0.25, 0.3) is 0 Å². The first-order valence-electron chi connectivity index (χ1n) is 8.80. The molecule has 4 rings (SSSR count). The zero-order chi connectivity index (χ0) is 16.4. The number of methoxy groups -OCH3 is 1. The number of para-hydroxylation sites is 2. The molecule has 2 aromatic carbocycles. The number of nitrogens with one attached hydrogen (secondary N) is 1. The van der Waals surface area contributed by atoms with Crippen LogP contribution in [0, 0.1) is 0 Å². The summed E-state index contributed by atoms with van der Waals surface area (Å²) in [5.41, 5.74) is 5.53. The van der Waals surface area contributed by atoms with Crippen LogP contribution in [-0.2, 0) is 13.0 Å². The third-order valence-electron chi connectivity index (χ3n) is 5.15. The van der Waals surface area contributed by atoms with E-state index in [1.807, 2.05) is 12.1 Å². The molecule has 0 spiro atoms. The Kier molecular flexibility index (Phi) is 4.30. The lowest BCUT2D eigenvalue weighted by molar-refractivity contribution is 0.413. The summed E-state index contributed by atoms with van der Waals surface area (Å²) in [4.78, 5) is 4.93. The van der Waals surface area contributed by atoms with Crippen molar-refractivity contribution in [3.05, 3.63) is 53.6 Å². The van der Waals surface area contributed by atoms with E-state index in [1.165, 1.54) is 22.5 Å². The molecule has 126 valence electrons. The van der Waals surface area contributed by atoms with Crippen molar-refractivity contribution in [1.29, 1.82) is 0 Å². The highest BCUT2D eigenvalue weighted by Crippen LogP contribution is 2.29. The van der Waals surface area contributed by atoms with Crippen LogP contribution in [-0.4, -0.2) is 39.8 Å². The summed E-state index contributed by atoms with van der Waals surface area (Å²) >= 11 is 0. The minimum Gasteiger partial charge on any atom is -0.495 e. The summed E-state index contributed by atoms with van der Waals surface area (Å²) in [7, 11) is 1.75. The Labute approximate surface area is 144 Å². The Morgan fingerprint density at radius 2 is 1.71 bits per heavy atom. The highest BCUT2D eigenvalue weighted by Gasteiger charge is 2.20. The number of rotatable bonds is 3. The molecule has 0 saturated carbocycles. The molecule has 24 heavy (non-hydrogen) atoms. The van der Waals surface area contributed by atoms with Crippen molar-refractivity contribution in [2.75, 3.05) is 49.6 Å². The molecule has 0 bridgehead atoms. The first-order chi connectivity index (χ1) is 11.8. The molecule has 0 radical (unpaired) electrons. The molecule has 4 heteroatoms. The molecule has 0 atom stereocenters. The zero-order valence-electron chi connectivity index (χ0n) is 14.3. The summed E-state index contributed by atoms with van der Waals surface area (Å²) in [5.74, 6) is 0.964. The normalized spacial score (nSPS) is 17.5. The molecule has 0 amide bonds. The second-order valence-electron chi connectivity index (χ2n) is 6.53. The number of nitrogens with zero attached hydrogens (tertiary/aromatic N) is 2. The van der Waals surface area contributed by atoms with Crippen LogP contribution in [0.25, 0.3) is 0 Å². The van der Waals surface area contributed by atoms with Gasteiger partial charge in [0.05, 0.1) is 12.8 Å². The Hall–Kier alpha value is -2.20. The molecular weight excluding hydrogens is 298 g/mol. The lowest BCUT2D eigenvalue weighted by Gasteiger charge is -2.38. The van der Waals surface area contributed by atoms with Crippen molar-refractivity contribution < 1.29 is 4.74 Å². The number of hydrogen-bond donors (Lipinski definition) is 1. The van der Waals surface area contributed by atoms with Crippen molar-refractivity contribution in [1.82, 2.24) is 5.32 Å². The van der Waals surface area contributed by atoms with Crippen LogP contribution in [0.4, 0.5) is 11.4 Å². The van der Waals surface area contributed by atoms with E-state index in [-0.39, 0.29) is 0 Å². The van der Waals surface area contributed by atoms with Crippen LogP contribution in [0.1, 0.15) is 11.1 Å². The van der Waals surface area contributed by atoms with Gasteiger partial charge in [-0.2, -0.15) is 0 Å². The SMILES string of the molecule is COc1ccccc1N1CCN(c2ccc3c(c2)CNCC3)CC1. The largest absolute Gasteiger partial charge is 0.495 e.